The average molecular weight is 201 g/mol. The summed E-state index contributed by atoms with van der Waals surface area (Å²) in [4.78, 5) is 16.2. The molecule has 2 heterocycles. The molecule has 0 N–H and O–H groups in total. The number of carbonyl (C=O) groups excluding carboxylic acids is 1. The van der Waals surface area contributed by atoms with Gasteiger partial charge in [-0.05, 0) is 12.8 Å². The molecule has 0 amide bonds. The summed E-state index contributed by atoms with van der Waals surface area (Å²) in [5.41, 5.74) is 0. The fourth-order valence-corrected chi connectivity index (χ4v) is 1.65. The topological polar surface area (TPSA) is 48.0 Å². The van der Waals surface area contributed by atoms with Crippen LogP contribution in [0.3, 0.4) is 0 Å². The Morgan fingerprint density at radius 3 is 2.79 bits per heavy atom. The maximum Gasteiger partial charge on any atom is 0.528 e. The second kappa shape index (κ2) is 4.61. The van der Waals surface area contributed by atoms with Crippen LogP contribution in [0, 0.1) is 0 Å². The van der Waals surface area contributed by atoms with Crippen LogP contribution in [-0.4, -0.2) is 43.6 Å². The van der Waals surface area contributed by atoms with E-state index in [1.54, 1.807) is 5.06 Å². The second-order valence-corrected chi connectivity index (χ2v) is 3.58. The molecule has 5 heteroatoms. The zero-order valence-electron chi connectivity index (χ0n) is 8.11. The standard InChI is InChI=1S/C9H15NO4/c11-9(13-8-3-6-12-7-8)14-10-4-1-2-5-10/h8H,1-7H2/t8-/m0/s1. The molecule has 2 fully saturated rings. The van der Waals surface area contributed by atoms with Gasteiger partial charge in [-0.3, -0.25) is 0 Å². The van der Waals surface area contributed by atoms with Crippen LogP contribution >= 0.6 is 0 Å². The molecular formula is C9H15NO4. The van der Waals surface area contributed by atoms with Crippen LogP contribution in [-0.2, 0) is 14.3 Å². The lowest BCUT2D eigenvalue weighted by Gasteiger charge is -2.15. The van der Waals surface area contributed by atoms with Gasteiger partial charge in [0.1, 0.15) is 6.10 Å². The molecule has 0 spiro atoms. The van der Waals surface area contributed by atoms with Gasteiger partial charge in [0.25, 0.3) is 0 Å². The van der Waals surface area contributed by atoms with Crippen molar-refractivity contribution in [2.24, 2.45) is 0 Å². The SMILES string of the molecule is O=C(O[C@H]1CCOC1)ON1CCCC1. The normalized spacial score (nSPS) is 27.9. The van der Waals surface area contributed by atoms with Crippen molar-refractivity contribution in [3.05, 3.63) is 0 Å². The highest BCUT2D eigenvalue weighted by atomic mass is 16.8. The molecule has 2 aliphatic heterocycles. The Kier molecular flexibility index (Phi) is 3.21. The molecule has 1 atom stereocenters. The van der Waals surface area contributed by atoms with Gasteiger partial charge in [-0.1, -0.05) is 0 Å². The van der Waals surface area contributed by atoms with Crippen LogP contribution in [0.1, 0.15) is 19.3 Å². The fourth-order valence-electron chi connectivity index (χ4n) is 1.65. The first-order valence-corrected chi connectivity index (χ1v) is 5.06. The molecule has 5 nitrogen and oxygen atoms in total. The number of hydrogen-bond donors (Lipinski definition) is 0. The molecule has 0 aromatic carbocycles. The maximum absolute atomic E-state index is 11.2. The lowest BCUT2D eigenvalue weighted by molar-refractivity contribution is -0.120. The number of carbonyl (C=O) groups is 1. The Balaban J connectivity index is 1.66. The third-order valence-corrected chi connectivity index (χ3v) is 2.42. The van der Waals surface area contributed by atoms with Gasteiger partial charge in [-0.2, -0.15) is 0 Å². The molecule has 2 rings (SSSR count). The van der Waals surface area contributed by atoms with Crippen LogP contribution in [0.25, 0.3) is 0 Å². The Labute approximate surface area is 82.9 Å². The highest BCUT2D eigenvalue weighted by molar-refractivity contribution is 5.59. The average Bonchev–Trinajstić information content (AvgIpc) is 2.76. The molecule has 0 aliphatic carbocycles. The van der Waals surface area contributed by atoms with Gasteiger partial charge in [0.15, 0.2) is 0 Å². The first-order valence-electron chi connectivity index (χ1n) is 5.06. The third-order valence-electron chi connectivity index (χ3n) is 2.42. The van der Waals surface area contributed by atoms with Crippen LogP contribution in [0.15, 0.2) is 0 Å². The summed E-state index contributed by atoms with van der Waals surface area (Å²) in [6, 6.07) is 0. The van der Waals surface area contributed by atoms with Crippen molar-refractivity contribution >= 4 is 6.16 Å². The molecule has 0 bridgehead atoms. The molecule has 2 aliphatic rings. The molecular weight excluding hydrogens is 186 g/mol. The Hall–Kier alpha value is -0.810. The number of hydroxylamine groups is 2. The fraction of sp³-hybridized carbons (Fsp3) is 0.889. The summed E-state index contributed by atoms with van der Waals surface area (Å²) in [7, 11) is 0. The second-order valence-electron chi connectivity index (χ2n) is 3.58. The zero-order valence-corrected chi connectivity index (χ0v) is 8.11. The minimum absolute atomic E-state index is 0.120. The quantitative estimate of drug-likeness (QED) is 0.622. The van der Waals surface area contributed by atoms with Gasteiger partial charge in [-0.25, -0.2) is 4.79 Å². The van der Waals surface area contributed by atoms with E-state index < -0.39 is 6.16 Å². The number of ether oxygens (including phenoxy) is 2. The molecule has 0 aromatic rings. The molecule has 0 radical (unpaired) electrons. The molecule has 0 unspecified atom stereocenters. The van der Waals surface area contributed by atoms with E-state index in [1.807, 2.05) is 0 Å². The molecule has 0 saturated carbocycles. The van der Waals surface area contributed by atoms with Crippen molar-refractivity contribution in [1.82, 2.24) is 5.06 Å². The smallest absolute Gasteiger partial charge is 0.427 e. The first-order chi connectivity index (χ1) is 6.84. The van der Waals surface area contributed by atoms with Gasteiger partial charge in [-0.15, -0.1) is 5.06 Å². The van der Waals surface area contributed by atoms with E-state index in [0.29, 0.717) is 13.2 Å². The van der Waals surface area contributed by atoms with Crippen LogP contribution in [0.2, 0.25) is 0 Å². The van der Waals surface area contributed by atoms with Gasteiger partial charge in [0.2, 0.25) is 0 Å². The van der Waals surface area contributed by atoms with Crippen LogP contribution in [0.5, 0.6) is 0 Å². The van der Waals surface area contributed by atoms with E-state index in [1.165, 1.54) is 0 Å². The largest absolute Gasteiger partial charge is 0.528 e. The van der Waals surface area contributed by atoms with Gasteiger partial charge in [0, 0.05) is 19.5 Å². The van der Waals surface area contributed by atoms with Crippen LogP contribution < -0.4 is 0 Å². The summed E-state index contributed by atoms with van der Waals surface area (Å²) in [5, 5.41) is 1.65. The van der Waals surface area contributed by atoms with Crippen molar-refractivity contribution in [1.29, 1.82) is 0 Å². The minimum atomic E-state index is -0.595. The molecule has 0 aromatic heterocycles. The van der Waals surface area contributed by atoms with E-state index in [4.69, 9.17) is 14.3 Å². The van der Waals surface area contributed by atoms with Crippen molar-refractivity contribution in [3.63, 3.8) is 0 Å². The monoisotopic (exact) mass is 201 g/mol. The van der Waals surface area contributed by atoms with Crippen molar-refractivity contribution in [3.8, 4) is 0 Å². The highest BCUT2D eigenvalue weighted by Gasteiger charge is 2.23. The van der Waals surface area contributed by atoms with E-state index in [2.05, 4.69) is 0 Å². The number of nitrogens with zero attached hydrogens (tertiary/aromatic N) is 1. The number of hydrogen-bond acceptors (Lipinski definition) is 5. The van der Waals surface area contributed by atoms with Gasteiger partial charge >= 0.3 is 6.16 Å². The maximum atomic E-state index is 11.2. The summed E-state index contributed by atoms with van der Waals surface area (Å²) in [5.74, 6) is 0. The van der Waals surface area contributed by atoms with Crippen molar-refractivity contribution in [2.75, 3.05) is 26.3 Å². The van der Waals surface area contributed by atoms with E-state index >= 15 is 0 Å². The lowest BCUT2D eigenvalue weighted by atomic mass is 10.3. The highest BCUT2D eigenvalue weighted by Crippen LogP contribution is 2.12. The third kappa shape index (κ3) is 2.59. The number of rotatable bonds is 2. The summed E-state index contributed by atoms with van der Waals surface area (Å²) in [6.45, 7) is 2.79. The summed E-state index contributed by atoms with van der Waals surface area (Å²) >= 11 is 0. The summed E-state index contributed by atoms with van der Waals surface area (Å²) in [6.07, 6.45) is 2.22. The predicted molar refractivity (Wildman–Crippen MR) is 47.6 cm³/mol. The Bertz CT molecular complexity index is 177. The summed E-state index contributed by atoms with van der Waals surface area (Å²) < 4.78 is 10.1. The molecule has 2 saturated heterocycles. The zero-order chi connectivity index (χ0) is 9.80. The predicted octanol–water partition coefficient (Wildman–Crippen LogP) is 0.939. The van der Waals surface area contributed by atoms with Crippen molar-refractivity contribution in [2.45, 2.75) is 25.4 Å². The van der Waals surface area contributed by atoms with Crippen LogP contribution in [0.4, 0.5) is 4.79 Å². The van der Waals surface area contributed by atoms with E-state index in [0.717, 1.165) is 32.4 Å². The van der Waals surface area contributed by atoms with E-state index in [-0.39, 0.29) is 6.10 Å². The van der Waals surface area contributed by atoms with Gasteiger partial charge < -0.3 is 14.3 Å². The minimum Gasteiger partial charge on any atom is -0.427 e. The Morgan fingerprint density at radius 1 is 1.36 bits per heavy atom. The molecule has 14 heavy (non-hydrogen) atoms. The van der Waals surface area contributed by atoms with Gasteiger partial charge in [0.05, 0.1) is 13.2 Å². The van der Waals surface area contributed by atoms with E-state index in [9.17, 15) is 4.79 Å². The van der Waals surface area contributed by atoms with Crippen molar-refractivity contribution < 1.29 is 19.1 Å². The lowest BCUT2D eigenvalue weighted by Crippen LogP contribution is -2.27. The first kappa shape index (κ1) is 9.73. The Morgan fingerprint density at radius 2 is 2.14 bits per heavy atom. The molecule has 80 valence electrons.